The Hall–Kier alpha value is -1.39. The van der Waals surface area contributed by atoms with Gasteiger partial charge in [-0.05, 0) is 13.0 Å². The number of nitrogens with two attached hydrogens (primary N) is 2. The van der Waals surface area contributed by atoms with Gasteiger partial charge >= 0.3 is 0 Å². The zero-order valence-corrected chi connectivity index (χ0v) is 6.51. The summed E-state index contributed by atoms with van der Waals surface area (Å²) in [6.07, 6.45) is -2.63. The number of rotatable bonds is 1. The van der Waals surface area contributed by atoms with Crippen LogP contribution in [-0.2, 0) is 0 Å². The summed E-state index contributed by atoms with van der Waals surface area (Å²) in [5.74, 6) is 0.0605. The van der Waals surface area contributed by atoms with E-state index < -0.39 is 6.43 Å². The SMILES string of the molecule is Cc1c(N)cc(C(F)F)nc1N. The lowest BCUT2D eigenvalue weighted by molar-refractivity contribution is 0.146. The van der Waals surface area contributed by atoms with Gasteiger partial charge in [-0.2, -0.15) is 0 Å². The topological polar surface area (TPSA) is 64.9 Å². The summed E-state index contributed by atoms with van der Waals surface area (Å²) in [6.45, 7) is 1.63. The van der Waals surface area contributed by atoms with Crippen molar-refractivity contribution in [1.29, 1.82) is 0 Å². The van der Waals surface area contributed by atoms with Gasteiger partial charge in [0.15, 0.2) is 0 Å². The molecule has 0 aliphatic heterocycles. The minimum atomic E-state index is -2.63. The zero-order valence-electron chi connectivity index (χ0n) is 6.51. The maximum absolute atomic E-state index is 12.1. The van der Waals surface area contributed by atoms with Gasteiger partial charge in [0, 0.05) is 11.3 Å². The van der Waals surface area contributed by atoms with Gasteiger partial charge in [0.2, 0.25) is 0 Å². The zero-order chi connectivity index (χ0) is 9.30. The molecule has 0 saturated heterocycles. The molecule has 0 fully saturated rings. The normalized spacial score (nSPS) is 10.7. The number of alkyl halides is 2. The lowest BCUT2D eigenvalue weighted by Crippen LogP contribution is -2.02. The number of hydrogen-bond donors (Lipinski definition) is 2. The predicted octanol–water partition coefficient (Wildman–Crippen LogP) is 1.49. The van der Waals surface area contributed by atoms with Crippen molar-refractivity contribution in [2.75, 3.05) is 11.5 Å². The van der Waals surface area contributed by atoms with E-state index >= 15 is 0 Å². The average Bonchev–Trinajstić information content (AvgIpc) is 1.99. The highest BCUT2D eigenvalue weighted by molar-refractivity contribution is 5.57. The van der Waals surface area contributed by atoms with Crippen LogP contribution in [0.2, 0.25) is 0 Å². The van der Waals surface area contributed by atoms with Gasteiger partial charge in [-0.1, -0.05) is 0 Å². The van der Waals surface area contributed by atoms with Crippen LogP contribution in [0.15, 0.2) is 6.07 Å². The predicted molar refractivity (Wildman–Crippen MR) is 42.8 cm³/mol. The van der Waals surface area contributed by atoms with Crippen molar-refractivity contribution >= 4 is 11.5 Å². The maximum Gasteiger partial charge on any atom is 0.280 e. The van der Waals surface area contributed by atoms with Crippen molar-refractivity contribution in [3.8, 4) is 0 Å². The first-order valence-electron chi connectivity index (χ1n) is 3.33. The number of aromatic nitrogens is 1. The largest absolute Gasteiger partial charge is 0.398 e. The van der Waals surface area contributed by atoms with E-state index in [0.717, 1.165) is 6.07 Å². The van der Waals surface area contributed by atoms with E-state index in [1.54, 1.807) is 6.92 Å². The second kappa shape index (κ2) is 2.92. The fourth-order valence-corrected chi connectivity index (χ4v) is 0.782. The fraction of sp³-hybridized carbons (Fsp3) is 0.286. The van der Waals surface area contributed by atoms with Crippen molar-refractivity contribution in [3.05, 3.63) is 17.3 Å². The van der Waals surface area contributed by atoms with Crippen molar-refractivity contribution < 1.29 is 8.78 Å². The first-order valence-corrected chi connectivity index (χ1v) is 3.33. The number of nitrogen functional groups attached to an aromatic ring is 2. The molecule has 1 aromatic rings. The van der Waals surface area contributed by atoms with Crippen LogP contribution >= 0.6 is 0 Å². The Morgan fingerprint density at radius 3 is 2.42 bits per heavy atom. The van der Waals surface area contributed by atoms with E-state index in [4.69, 9.17) is 11.5 Å². The molecule has 0 unspecified atom stereocenters. The summed E-state index contributed by atoms with van der Waals surface area (Å²) in [6, 6.07) is 1.14. The Bertz CT molecular complexity index is 276. The molecule has 4 N–H and O–H groups in total. The molecule has 0 aliphatic carbocycles. The van der Waals surface area contributed by atoms with Crippen LogP contribution in [0.5, 0.6) is 0 Å². The van der Waals surface area contributed by atoms with Gasteiger partial charge in [0.05, 0.1) is 0 Å². The number of pyridine rings is 1. The van der Waals surface area contributed by atoms with Crippen LogP contribution in [0.3, 0.4) is 0 Å². The minimum absolute atomic E-state index is 0.0605. The van der Waals surface area contributed by atoms with Gasteiger partial charge in [-0.15, -0.1) is 0 Å². The van der Waals surface area contributed by atoms with E-state index in [0.29, 0.717) is 5.56 Å². The van der Waals surface area contributed by atoms with Crippen LogP contribution in [0.1, 0.15) is 17.7 Å². The van der Waals surface area contributed by atoms with Gasteiger partial charge in [0.1, 0.15) is 11.5 Å². The monoisotopic (exact) mass is 173 g/mol. The first kappa shape index (κ1) is 8.70. The number of hydrogen-bond acceptors (Lipinski definition) is 3. The van der Waals surface area contributed by atoms with Crippen molar-refractivity contribution in [2.45, 2.75) is 13.3 Å². The van der Waals surface area contributed by atoms with E-state index in [9.17, 15) is 8.78 Å². The van der Waals surface area contributed by atoms with Crippen LogP contribution in [0, 0.1) is 6.92 Å². The molecule has 0 amide bonds. The smallest absolute Gasteiger partial charge is 0.280 e. The third-order valence-corrected chi connectivity index (χ3v) is 1.59. The molecule has 0 saturated carbocycles. The van der Waals surface area contributed by atoms with Crippen molar-refractivity contribution in [2.24, 2.45) is 0 Å². The molecule has 1 heterocycles. The molecular weight excluding hydrogens is 164 g/mol. The fourth-order valence-electron chi connectivity index (χ4n) is 0.782. The number of nitrogens with zero attached hydrogens (tertiary/aromatic N) is 1. The van der Waals surface area contributed by atoms with Crippen molar-refractivity contribution in [3.63, 3.8) is 0 Å². The molecule has 66 valence electrons. The molecule has 0 bridgehead atoms. The lowest BCUT2D eigenvalue weighted by atomic mass is 10.2. The van der Waals surface area contributed by atoms with Gasteiger partial charge in [-0.3, -0.25) is 0 Å². The highest BCUT2D eigenvalue weighted by Gasteiger charge is 2.11. The van der Waals surface area contributed by atoms with E-state index in [1.165, 1.54) is 0 Å². The van der Waals surface area contributed by atoms with E-state index in [2.05, 4.69) is 4.98 Å². The molecule has 0 spiro atoms. The van der Waals surface area contributed by atoms with Gasteiger partial charge in [0.25, 0.3) is 6.43 Å². The van der Waals surface area contributed by atoms with Gasteiger partial charge in [-0.25, -0.2) is 13.8 Å². The third-order valence-electron chi connectivity index (χ3n) is 1.59. The molecule has 1 rings (SSSR count). The molecule has 5 heteroatoms. The number of anilines is 2. The Morgan fingerprint density at radius 1 is 1.42 bits per heavy atom. The summed E-state index contributed by atoms with van der Waals surface area (Å²) in [5.41, 5.74) is 11.2. The van der Waals surface area contributed by atoms with Crippen LogP contribution in [0.25, 0.3) is 0 Å². The molecule has 1 aromatic heterocycles. The summed E-state index contributed by atoms with van der Waals surface area (Å²) in [4.78, 5) is 3.48. The Labute approximate surface area is 68.4 Å². The summed E-state index contributed by atoms with van der Waals surface area (Å²) < 4.78 is 24.2. The summed E-state index contributed by atoms with van der Waals surface area (Å²) in [5, 5.41) is 0. The maximum atomic E-state index is 12.1. The summed E-state index contributed by atoms with van der Waals surface area (Å²) >= 11 is 0. The van der Waals surface area contributed by atoms with Crippen LogP contribution in [-0.4, -0.2) is 4.98 Å². The quantitative estimate of drug-likeness (QED) is 0.676. The highest BCUT2D eigenvalue weighted by atomic mass is 19.3. The molecule has 3 nitrogen and oxygen atoms in total. The Morgan fingerprint density at radius 2 is 2.00 bits per heavy atom. The number of halogens is 2. The highest BCUT2D eigenvalue weighted by Crippen LogP contribution is 2.23. The molecular formula is C7H9F2N3. The molecule has 12 heavy (non-hydrogen) atoms. The Kier molecular flexibility index (Phi) is 2.12. The lowest BCUT2D eigenvalue weighted by Gasteiger charge is -2.06. The molecule has 0 aromatic carbocycles. The second-order valence-corrected chi connectivity index (χ2v) is 2.45. The standard InChI is InChI=1S/C7H9F2N3/c1-3-4(10)2-5(6(8)9)12-7(3)11/h2,6H,1H3,(H4,10,11,12). The van der Waals surface area contributed by atoms with E-state index in [-0.39, 0.29) is 17.2 Å². The van der Waals surface area contributed by atoms with Crippen molar-refractivity contribution in [1.82, 2.24) is 4.98 Å². The Balaban J connectivity index is 3.21. The van der Waals surface area contributed by atoms with Crippen LogP contribution < -0.4 is 11.5 Å². The van der Waals surface area contributed by atoms with Crippen LogP contribution in [0.4, 0.5) is 20.3 Å². The first-order chi connectivity index (χ1) is 5.52. The molecule has 0 aliphatic rings. The van der Waals surface area contributed by atoms with E-state index in [1.807, 2.05) is 0 Å². The third kappa shape index (κ3) is 1.44. The molecule has 0 atom stereocenters. The second-order valence-electron chi connectivity index (χ2n) is 2.45. The average molecular weight is 173 g/mol. The van der Waals surface area contributed by atoms with Gasteiger partial charge < -0.3 is 11.5 Å². The molecule has 0 radical (unpaired) electrons. The minimum Gasteiger partial charge on any atom is -0.398 e. The summed E-state index contributed by atoms with van der Waals surface area (Å²) in [7, 11) is 0.